The summed E-state index contributed by atoms with van der Waals surface area (Å²) in [5, 5.41) is 0. The van der Waals surface area contributed by atoms with Crippen LogP contribution < -0.4 is 5.73 Å². The van der Waals surface area contributed by atoms with E-state index in [1.807, 2.05) is 42.2 Å². The van der Waals surface area contributed by atoms with Crippen molar-refractivity contribution in [2.24, 2.45) is 0 Å². The third kappa shape index (κ3) is 3.52. The average Bonchev–Trinajstić information content (AvgIpc) is 2.84. The van der Waals surface area contributed by atoms with Crippen LogP contribution in [-0.2, 0) is 0 Å². The second-order valence-corrected chi connectivity index (χ2v) is 6.21. The maximum absolute atomic E-state index is 12.6. The minimum Gasteiger partial charge on any atom is -0.384 e. The summed E-state index contributed by atoms with van der Waals surface area (Å²) in [4.78, 5) is 18.8. The van der Waals surface area contributed by atoms with Crippen LogP contribution in [0.1, 0.15) is 41.6 Å². The van der Waals surface area contributed by atoms with E-state index >= 15 is 0 Å². The van der Waals surface area contributed by atoms with Crippen LogP contribution in [0.15, 0.2) is 36.5 Å². The normalized spacial score (nSPS) is 15.3. The number of nitrogen functional groups attached to an aromatic ring is 1. The van der Waals surface area contributed by atoms with Gasteiger partial charge in [0.15, 0.2) is 0 Å². The van der Waals surface area contributed by atoms with Gasteiger partial charge in [0.25, 0.3) is 5.91 Å². The molecule has 0 aliphatic carbocycles. The lowest BCUT2D eigenvalue weighted by molar-refractivity contribution is 0.0761. The van der Waals surface area contributed by atoms with Crippen LogP contribution >= 0.6 is 0 Å². The van der Waals surface area contributed by atoms with Crippen molar-refractivity contribution in [3.8, 4) is 11.1 Å². The number of hydrogen-bond donors (Lipinski definition) is 1. The molecule has 1 saturated heterocycles. The molecule has 1 aromatic heterocycles. The van der Waals surface area contributed by atoms with Crippen molar-refractivity contribution < 1.29 is 4.79 Å². The molecule has 2 aromatic rings. The lowest BCUT2D eigenvalue weighted by Gasteiger charge is -2.20. The molecule has 1 aromatic carbocycles. The molecular weight excluding hydrogens is 286 g/mol. The molecule has 1 amide bonds. The van der Waals surface area contributed by atoms with Crippen LogP contribution in [0.5, 0.6) is 0 Å². The molecule has 0 spiro atoms. The number of pyridine rings is 1. The zero-order chi connectivity index (χ0) is 16.2. The topological polar surface area (TPSA) is 59.2 Å². The molecule has 4 nitrogen and oxygen atoms in total. The monoisotopic (exact) mass is 309 g/mol. The molecule has 0 atom stereocenters. The summed E-state index contributed by atoms with van der Waals surface area (Å²) in [6.07, 6.45) is 6.47. The van der Waals surface area contributed by atoms with Gasteiger partial charge in [-0.3, -0.25) is 4.79 Å². The first kappa shape index (κ1) is 15.5. The number of anilines is 1. The largest absolute Gasteiger partial charge is 0.384 e. The fraction of sp³-hybridized carbons (Fsp3) is 0.368. The smallest absolute Gasteiger partial charge is 0.253 e. The van der Waals surface area contributed by atoms with Crippen molar-refractivity contribution in [2.75, 3.05) is 18.8 Å². The second kappa shape index (κ2) is 6.82. The van der Waals surface area contributed by atoms with Gasteiger partial charge in [-0.05, 0) is 49.1 Å². The Morgan fingerprint density at radius 3 is 2.35 bits per heavy atom. The number of carbonyl (C=O) groups excluding carboxylic acids is 1. The van der Waals surface area contributed by atoms with Gasteiger partial charge in [0.1, 0.15) is 5.82 Å². The first-order valence-electron chi connectivity index (χ1n) is 8.27. The van der Waals surface area contributed by atoms with E-state index in [0.29, 0.717) is 5.82 Å². The number of hydrogen-bond acceptors (Lipinski definition) is 3. The van der Waals surface area contributed by atoms with Crippen molar-refractivity contribution in [3.05, 3.63) is 47.7 Å². The highest BCUT2D eigenvalue weighted by Gasteiger charge is 2.17. The minimum absolute atomic E-state index is 0.144. The SMILES string of the molecule is Cc1cc(N)ncc1-c1ccc(C(=O)N2CCCCCC2)cc1. The van der Waals surface area contributed by atoms with Crippen molar-refractivity contribution in [2.45, 2.75) is 32.6 Å². The van der Waals surface area contributed by atoms with Crippen LogP contribution in [0.25, 0.3) is 11.1 Å². The Morgan fingerprint density at radius 2 is 1.74 bits per heavy atom. The Kier molecular flexibility index (Phi) is 4.60. The third-order valence-electron chi connectivity index (χ3n) is 4.47. The molecule has 1 aliphatic rings. The van der Waals surface area contributed by atoms with E-state index in [4.69, 9.17) is 5.73 Å². The van der Waals surface area contributed by atoms with Gasteiger partial charge in [0.05, 0.1) is 0 Å². The van der Waals surface area contributed by atoms with E-state index in [0.717, 1.165) is 48.2 Å². The van der Waals surface area contributed by atoms with Crippen molar-refractivity contribution in [1.29, 1.82) is 0 Å². The molecule has 0 bridgehead atoms. The maximum atomic E-state index is 12.6. The number of amides is 1. The van der Waals surface area contributed by atoms with Gasteiger partial charge < -0.3 is 10.6 Å². The van der Waals surface area contributed by atoms with Crippen LogP contribution in [-0.4, -0.2) is 28.9 Å². The van der Waals surface area contributed by atoms with Gasteiger partial charge in [0, 0.05) is 30.4 Å². The van der Waals surface area contributed by atoms with Crippen LogP contribution in [0.4, 0.5) is 5.82 Å². The molecule has 1 fully saturated rings. The molecular formula is C19H23N3O. The van der Waals surface area contributed by atoms with Crippen molar-refractivity contribution >= 4 is 11.7 Å². The summed E-state index contributed by atoms with van der Waals surface area (Å²) in [5.41, 5.74) is 9.66. The molecule has 0 radical (unpaired) electrons. The number of aryl methyl sites for hydroxylation is 1. The summed E-state index contributed by atoms with van der Waals surface area (Å²) < 4.78 is 0. The van der Waals surface area contributed by atoms with Gasteiger partial charge in [-0.15, -0.1) is 0 Å². The number of benzene rings is 1. The van der Waals surface area contributed by atoms with Gasteiger partial charge >= 0.3 is 0 Å². The molecule has 23 heavy (non-hydrogen) atoms. The van der Waals surface area contributed by atoms with Crippen LogP contribution in [0.2, 0.25) is 0 Å². The summed E-state index contributed by atoms with van der Waals surface area (Å²) in [5.74, 6) is 0.671. The van der Waals surface area contributed by atoms with Crippen molar-refractivity contribution in [1.82, 2.24) is 9.88 Å². The van der Waals surface area contributed by atoms with E-state index in [1.54, 1.807) is 6.20 Å². The molecule has 0 saturated carbocycles. The van der Waals surface area contributed by atoms with Crippen molar-refractivity contribution in [3.63, 3.8) is 0 Å². The number of rotatable bonds is 2. The van der Waals surface area contributed by atoms with Crippen LogP contribution in [0, 0.1) is 6.92 Å². The molecule has 3 rings (SSSR count). The predicted molar refractivity (Wildman–Crippen MR) is 93.2 cm³/mol. The van der Waals surface area contributed by atoms with Crippen LogP contribution in [0.3, 0.4) is 0 Å². The Labute approximate surface area is 137 Å². The summed E-state index contributed by atoms with van der Waals surface area (Å²) in [7, 11) is 0. The zero-order valence-corrected chi connectivity index (χ0v) is 13.6. The Hall–Kier alpha value is -2.36. The lowest BCUT2D eigenvalue weighted by Crippen LogP contribution is -2.31. The van der Waals surface area contributed by atoms with E-state index in [1.165, 1.54) is 12.8 Å². The number of nitrogens with zero attached hydrogens (tertiary/aromatic N) is 2. The summed E-state index contributed by atoms with van der Waals surface area (Å²) in [6, 6.07) is 9.68. The fourth-order valence-electron chi connectivity index (χ4n) is 3.13. The minimum atomic E-state index is 0.144. The Bertz CT molecular complexity index is 686. The lowest BCUT2D eigenvalue weighted by atomic mass is 10.0. The first-order chi connectivity index (χ1) is 11.1. The molecule has 4 heteroatoms. The molecule has 0 unspecified atom stereocenters. The highest BCUT2D eigenvalue weighted by atomic mass is 16.2. The number of likely N-dealkylation sites (tertiary alicyclic amines) is 1. The van der Waals surface area contributed by atoms with E-state index in [9.17, 15) is 4.79 Å². The predicted octanol–water partition coefficient (Wildman–Crippen LogP) is 3.66. The number of carbonyl (C=O) groups is 1. The molecule has 2 heterocycles. The van der Waals surface area contributed by atoms with Gasteiger partial charge in [-0.2, -0.15) is 0 Å². The Morgan fingerprint density at radius 1 is 1.09 bits per heavy atom. The van der Waals surface area contributed by atoms with Gasteiger partial charge in [0.2, 0.25) is 0 Å². The molecule has 2 N–H and O–H groups in total. The van der Waals surface area contributed by atoms with E-state index in [2.05, 4.69) is 4.98 Å². The molecule has 1 aliphatic heterocycles. The summed E-state index contributed by atoms with van der Waals surface area (Å²) >= 11 is 0. The quantitative estimate of drug-likeness (QED) is 0.921. The molecule has 120 valence electrons. The first-order valence-corrected chi connectivity index (χ1v) is 8.27. The van der Waals surface area contributed by atoms with Gasteiger partial charge in [-0.25, -0.2) is 4.98 Å². The zero-order valence-electron chi connectivity index (χ0n) is 13.6. The highest BCUT2D eigenvalue weighted by molar-refractivity contribution is 5.94. The van der Waals surface area contributed by atoms with E-state index < -0.39 is 0 Å². The third-order valence-corrected chi connectivity index (χ3v) is 4.47. The maximum Gasteiger partial charge on any atom is 0.253 e. The standard InChI is InChI=1S/C19H23N3O/c1-14-12-18(20)21-13-17(14)15-6-8-16(9-7-15)19(23)22-10-4-2-3-5-11-22/h6-9,12-13H,2-5,10-11H2,1H3,(H2,20,21). The summed E-state index contributed by atoms with van der Waals surface area (Å²) in [6.45, 7) is 3.77. The van der Waals surface area contributed by atoms with E-state index in [-0.39, 0.29) is 5.91 Å². The second-order valence-electron chi connectivity index (χ2n) is 6.21. The number of aromatic nitrogens is 1. The number of nitrogens with two attached hydrogens (primary N) is 1. The van der Waals surface area contributed by atoms with Gasteiger partial charge in [-0.1, -0.05) is 25.0 Å². The fourth-order valence-corrected chi connectivity index (χ4v) is 3.13. The average molecular weight is 309 g/mol. The Balaban J connectivity index is 1.79. The highest BCUT2D eigenvalue weighted by Crippen LogP contribution is 2.24.